The van der Waals surface area contributed by atoms with E-state index in [-0.39, 0.29) is 12.0 Å². The molecular formula is C13H16ClNO. The first-order chi connectivity index (χ1) is 7.45. The molecule has 1 N–H and O–H groups in total. The molecule has 2 rings (SSSR count). The third kappa shape index (κ3) is 1.72. The number of aliphatic hydroxyl groups is 1. The standard InChI is InChI=1S/C13H16ClNO/c1-13(2,8-16)9-6-11(14)10-4-5-15(3)12(10)7-9/h4-7,16H,8H2,1-3H3. The summed E-state index contributed by atoms with van der Waals surface area (Å²) in [5.41, 5.74) is 1.90. The van der Waals surface area contributed by atoms with Gasteiger partial charge in [-0.05, 0) is 23.8 Å². The summed E-state index contributed by atoms with van der Waals surface area (Å²) in [7, 11) is 1.99. The molecule has 0 aliphatic heterocycles. The molecule has 1 heterocycles. The zero-order valence-corrected chi connectivity index (χ0v) is 10.5. The lowest BCUT2D eigenvalue weighted by atomic mass is 9.85. The Labute approximate surface area is 100 Å². The van der Waals surface area contributed by atoms with Crippen molar-refractivity contribution in [1.82, 2.24) is 4.57 Å². The van der Waals surface area contributed by atoms with Crippen LogP contribution in [0.15, 0.2) is 24.4 Å². The number of fused-ring (bicyclic) bond motifs is 1. The highest BCUT2D eigenvalue weighted by Gasteiger charge is 2.21. The third-order valence-corrected chi connectivity index (χ3v) is 3.44. The van der Waals surface area contributed by atoms with Crippen LogP contribution in [0, 0.1) is 0 Å². The monoisotopic (exact) mass is 237 g/mol. The molecule has 1 aromatic carbocycles. The predicted molar refractivity (Wildman–Crippen MR) is 68.0 cm³/mol. The minimum absolute atomic E-state index is 0.110. The van der Waals surface area contributed by atoms with Gasteiger partial charge in [-0.3, -0.25) is 0 Å². The van der Waals surface area contributed by atoms with Gasteiger partial charge in [-0.2, -0.15) is 0 Å². The Bertz CT molecular complexity index is 528. The Morgan fingerprint density at radius 2 is 2.06 bits per heavy atom. The van der Waals surface area contributed by atoms with Gasteiger partial charge < -0.3 is 9.67 Å². The fourth-order valence-corrected chi connectivity index (χ4v) is 2.09. The topological polar surface area (TPSA) is 25.2 Å². The van der Waals surface area contributed by atoms with E-state index in [0.29, 0.717) is 0 Å². The van der Waals surface area contributed by atoms with E-state index in [9.17, 15) is 5.11 Å². The molecule has 0 bridgehead atoms. The summed E-state index contributed by atoms with van der Waals surface area (Å²) in [6.45, 7) is 4.13. The Morgan fingerprint density at radius 3 is 2.69 bits per heavy atom. The number of aryl methyl sites for hydroxylation is 1. The first-order valence-electron chi connectivity index (χ1n) is 5.31. The van der Waals surface area contributed by atoms with Gasteiger partial charge in [-0.1, -0.05) is 25.4 Å². The molecule has 1 aromatic heterocycles. The molecular weight excluding hydrogens is 222 g/mol. The van der Waals surface area contributed by atoms with Gasteiger partial charge in [0.05, 0.1) is 11.6 Å². The average Bonchev–Trinajstić information content (AvgIpc) is 2.61. The zero-order valence-electron chi connectivity index (χ0n) is 9.79. The molecule has 2 nitrogen and oxygen atoms in total. The van der Waals surface area contributed by atoms with Crippen LogP contribution in [0.2, 0.25) is 5.02 Å². The van der Waals surface area contributed by atoms with Crippen molar-refractivity contribution < 1.29 is 5.11 Å². The Hall–Kier alpha value is -0.990. The van der Waals surface area contributed by atoms with Crippen LogP contribution in [0.1, 0.15) is 19.4 Å². The van der Waals surface area contributed by atoms with E-state index in [1.807, 2.05) is 43.8 Å². The maximum atomic E-state index is 9.38. The van der Waals surface area contributed by atoms with Crippen molar-refractivity contribution in [2.75, 3.05) is 6.61 Å². The maximum absolute atomic E-state index is 9.38. The van der Waals surface area contributed by atoms with Crippen LogP contribution < -0.4 is 0 Å². The van der Waals surface area contributed by atoms with Crippen LogP contribution in [0.5, 0.6) is 0 Å². The minimum atomic E-state index is -0.262. The number of nitrogens with zero attached hydrogens (tertiary/aromatic N) is 1. The van der Waals surface area contributed by atoms with Gasteiger partial charge in [0.1, 0.15) is 0 Å². The summed E-state index contributed by atoms with van der Waals surface area (Å²) < 4.78 is 2.04. The number of rotatable bonds is 2. The van der Waals surface area contributed by atoms with Gasteiger partial charge >= 0.3 is 0 Å². The number of hydrogen-bond acceptors (Lipinski definition) is 1. The van der Waals surface area contributed by atoms with E-state index in [1.165, 1.54) is 0 Å². The fraction of sp³-hybridized carbons (Fsp3) is 0.385. The highest BCUT2D eigenvalue weighted by molar-refractivity contribution is 6.35. The number of halogens is 1. The molecule has 0 unspecified atom stereocenters. The van der Waals surface area contributed by atoms with E-state index in [1.54, 1.807) is 0 Å². The Morgan fingerprint density at radius 1 is 1.38 bits per heavy atom. The summed E-state index contributed by atoms with van der Waals surface area (Å²) in [6.07, 6.45) is 1.99. The molecule has 86 valence electrons. The second-order valence-corrected chi connectivity index (χ2v) is 5.27. The van der Waals surface area contributed by atoms with E-state index in [2.05, 4.69) is 6.07 Å². The van der Waals surface area contributed by atoms with Gasteiger partial charge in [0.25, 0.3) is 0 Å². The fourth-order valence-electron chi connectivity index (χ4n) is 1.81. The lowest BCUT2D eigenvalue weighted by molar-refractivity contribution is 0.218. The van der Waals surface area contributed by atoms with E-state index < -0.39 is 0 Å². The first kappa shape index (κ1) is 11.5. The molecule has 0 aliphatic rings. The largest absolute Gasteiger partial charge is 0.395 e. The quantitative estimate of drug-likeness (QED) is 0.853. The molecule has 0 atom stereocenters. The average molecular weight is 238 g/mol. The molecule has 16 heavy (non-hydrogen) atoms. The number of hydrogen-bond donors (Lipinski definition) is 1. The van der Waals surface area contributed by atoms with Crippen LogP contribution in [-0.2, 0) is 12.5 Å². The Kier molecular flexibility index (Phi) is 2.72. The van der Waals surface area contributed by atoms with Gasteiger partial charge in [0.15, 0.2) is 0 Å². The van der Waals surface area contributed by atoms with Crippen LogP contribution in [-0.4, -0.2) is 16.3 Å². The van der Waals surface area contributed by atoms with Gasteiger partial charge in [-0.15, -0.1) is 0 Å². The second-order valence-electron chi connectivity index (χ2n) is 4.86. The van der Waals surface area contributed by atoms with Crippen molar-refractivity contribution in [2.45, 2.75) is 19.3 Å². The minimum Gasteiger partial charge on any atom is -0.395 e. The van der Waals surface area contributed by atoms with Crippen LogP contribution >= 0.6 is 11.6 Å². The molecule has 0 fully saturated rings. The van der Waals surface area contributed by atoms with Crippen LogP contribution in [0.4, 0.5) is 0 Å². The molecule has 2 aromatic rings. The van der Waals surface area contributed by atoms with Crippen molar-refractivity contribution in [3.8, 4) is 0 Å². The zero-order chi connectivity index (χ0) is 11.9. The number of aliphatic hydroxyl groups excluding tert-OH is 1. The molecule has 0 saturated carbocycles. The SMILES string of the molecule is Cn1ccc2c(Cl)cc(C(C)(C)CO)cc21. The third-order valence-electron chi connectivity index (χ3n) is 3.13. The van der Waals surface area contributed by atoms with Gasteiger partial charge in [0.2, 0.25) is 0 Å². The molecule has 0 aliphatic carbocycles. The normalized spacial score (nSPS) is 12.3. The van der Waals surface area contributed by atoms with Crippen molar-refractivity contribution in [3.05, 3.63) is 35.0 Å². The van der Waals surface area contributed by atoms with Crippen molar-refractivity contribution in [3.63, 3.8) is 0 Å². The van der Waals surface area contributed by atoms with Crippen molar-refractivity contribution >= 4 is 22.5 Å². The van der Waals surface area contributed by atoms with Gasteiger partial charge in [-0.25, -0.2) is 0 Å². The van der Waals surface area contributed by atoms with Crippen molar-refractivity contribution in [1.29, 1.82) is 0 Å². The first-order valence-corrected chi connectivity index (χ1v) is 5.69. The summed E-state index contributed by atoms with van der Waals surface area (Å²) >= 11 is 6.24. The summed E-state index contributed by atoms with van der Waals surface area (Å²) in [4.78, 5) is 0. The molecule has 0 radical (unpaired) electrons. The van der Waals surface area contributed by atoms with E-state index in [4.69, 9.17) is 11.6 Å². The molecule has 0 spiro atoms. The maximum Gasteiger partial charge on any atom is 0.0522 e. The van der Waals surface area contributed by atoms with Gasteiger partial charge in [0, 0.05) is 29.6 Å². The van der Waals surface area contributed by atoms with E-state index in [0.717, 1.165) is 21.5 Å². The number of benzene rings is 1. The summed E-state index contributed by atoms with van der Waals surface area (Å²) in [6, 6.07) is 6.05. The number of aromatic nitrogens is 1. The smallest absolute Gasteiger partial charge is 0.0522 e. The summed E-state index contributed by atoms with van der Waals surface area (Å²) in [5.74, 6) is 0. The molecule has 3 heteroatoms. The van der Waals surface area contributed by atoms with E-state index >= 15 is 0 Å². The lowest BCUT2D eigenvalue weighted by Gasteiger charge is -2.22. The molecule has 0 amide bonds. The second kappa shape index (κ2) is 3.79. The predicted octanol–water partition coefficient (Wildman–Crippen LogP) is 3.10. The lowest BCUT2D eigenvalue weighted by Crippen LogP contribution is -2.22. The molecule has 0 saturated heterocycles. The van der Waals surface area contributed by atoms with Crippen molar-refractivity contribution in [2.24, 2.45) is 7.05 Å². The van der Waals surface area contributed by atoms with Crippen LogP contribution in [0.3, 0.4) is 0 Å². The highest BCUT2D eigenvalue weighted by atomic mass is 35.5. The summed E-state index contributed by atoms with van der Waals surface area (Å²) in [5, 5.41) is 11.2. The highest BCUT2D eigenvalue weighted by Crippen LogP contribution is 2.31. The Balaban J connectivity index is 2.70. The van der Waals surface area contributed by atoms with Crippen LogP contribution in [0.25, 0.3) is 10.9 Å².